The predicted molar refractivity (Wildman–Crippen MR) is 93.4 cm³/mol. The van der Waals surface area contributed by atoms with Gasteiger partial charge < -0.3 is 0 Å². The summed E-state index contributed by atoms with van der Waals surface area (Å²) in [6.45, 7) is 2.00. The molecule has 0 saturated heterocycles. The zero-order valence-electron chi connectivity index (χ0n) is 13.6. The number of benzene rings is 2. The number of hydrogen-bond donors (Lipinski definition) is 1. The summed E-state index contributed by atoms with van der Waals surface area (Å²) < 4.78 is 10.7. The van der Waals surface area contributed by atoms with Crippen molar-refractivity contribution in [3.05, 3.63) is 60.2 Å². The van der Waals surface area contributed by atoms with Gasteiger partial charge in [-0.1, -0.05) is 54.6 Å². The third-order valence-electron chi connectivity index (χ3n) is 3.51. The molecule has 126 valence electrons. The topological polar surface area (TPSA) is 66.8 Å². The van der Waals surface area contributed by atoms with Crippen molar-refractivity contribution in [2.75, 3.05) is 12.7 Å². The van der Waals surface area contributed by atoms with Gasteiger partial charge in [0.1, 0.15) is 6.61 Å². The molecule has 0 aliphatic carbocycles. The minimum atomic E-state index is -2.17. The largest absolute Gasteiger partial charge is 0.505 e. The Labute approximate surface area is 142 Å². The molecule has 0 bridgehead atoms. The molecule has 2 rings (SSSR count). The molecule has 5 nitrogen and oxygen atoms in total. The normalized spacial score (nSPS) is 11.2. The Morgan fingerprint density at radius 1 is 1.08 bits per heavy atom. The van der Waals surface area contributed by atoms with Gasteiger partial charge in [-0.2, -0.15) is 4.89 Å². The molecule has 0 spiro atoms. The summed E-state index contributed by atoms with van der Waals surface area (Å²) in [5.41, 5.74) is 3.22. The third kappa shape index (κ3) is 5.85. The summed E-state index contributed by atoms with van der Waals surface area (Å²) in [5.74, 6) is -0.218. The Morgan fingerprint density at radius 2 is 1.71 bits per heavy atom. The summed E-state index contributed by atoms with van der Waals surface area (Å²) in [6, 6.07) is 18.0. The van der Waals surface area contributed by atoms with E-state index >= 15 is 0 Å². The second-order valence-corrected chi connectivity index (χ2v) is 6.54. The van der Waals surface area contributed by atoms with E-state index in [0.717, 1.165) is 16.7 Å². The van der Waals surface area contributed by atoms with Crippen LogP contribution in [0.25, 0.3) is 11.1 Å². The first-order valence-corrected chi connectivity index (χ1v) is 9.15. The number of hydroxylamine groups is 2. The molecular formula is C18H21NO4P+. The first-order chi connectivity index (χ1) is 11.6. The van der Waals surface area contributed by atoms with E-state index in [4.69, 9.17) is 9.73 Å². The SMILES string of the molecule is CC(=O)N(CCC[P+](=O)O)OCc1ccc(-c2ccccc2)cc1. The Hall–Kier alpha value is -2.07. The molecule has 1 N–H and O–H groups in total. The number of hydrogen-bond acceptors (Lipinski definition) is 3. The fourth-order valence-electron chi connectivity index (χ4n) is 2.24. The van der Waals surface area contributed by atoms with E-state index in [0.29, 0.717) is 13.0 Å². The van der Waals surface area contributed by atoms with E-state index in [1.54, 1.807) is 0 Å². The Balaban J connectivity index is 1.90. The summed E-state index contributed by atoms with van der Waals surface area (Å²) in [6.07, 6.45) is 0.590. The minimum absolute atomic E-state index is 0.161. The second-order valence-electron chi connectivity index (χ2n) is 5.39. The zero-order chi connectivity index (χ0) is 17.4. The van der Waals surface area contributed by atoms with Crippen molar-refractivity contribution in [1.29, 1.82) is 0 Å². The average Bonchev–Trinajstić information content (AvgIpc) is 2.58. The number of rotatable bonds is 8. The van der Waals surface area contributed by atoms with E-state index < -0.39 is 8.03 Å². The maximum atomic E-state index is 11.5. The van der Waals surface area contributed by atoms with Crippen LogP contribution >= 0.6 is 8.03 Å². The predicted octanol–water partition coefficient (Wildman–Crippen LogP) is 3.76. The van der Waals surface area contributed by atoms with Gasteiger partial charge in [0, 0.05) is 13.3 Å². The third-order valence-corrected chi connectivity index (χ3v) is 4.21. The van der Waals surface area contributed by atoms with Crippen LogP contribution in [-0.2, 0) is 20.8 Å². The van der Waals surface area contributed by atoms with Gasteiger partial charge in [0.15, 0.2) is 6.16 Å². The van der Waals surface area contributed by atoms with E-state index in [1.165, 1.54) is 12.0 Å². The maximum Gasteiger partial charge on any atom is 0.505 e. The smallest absolute Gasteiger partial charge is 0.273 e. The highest BCUT2D eigenvalue weighted by Crippen LogP contribution is 2.20. The van der Waals surface area contributed by atoms with E-state index in [2.05, 4.69) is 12.1 Å². The van der Waals surface area contributed by atoms with Crippen molar-refractivity contribution in [2.45, 2.75) is 20.0 Å². The van der Waals surface area contributed by atoms with Gasteiger partial charge in [-0.25, -0.2) is 5.06 Å². The second kappa shape index (κ2) is 9.28. The van der Waals surface area contributed by atoms with Gasteiger partial charge in [0.2, 0.25) is 5.91 Å². The number of carbonyl (C=O) groups excluding carboxylic acids is 1. The highest BCUT2D eigenvalue weighted by atomic mass is 31.1. The summed E-state index contributed by atoms with van der Waals surface area (Å²) in [5, 5.41) is 1.24. The lowest BCUT2D eigenvalue weighted by molar-refractivity contribution is -0.189. The molecule has 0 radical (unpaired) electrons. The average molecular weight is 346 g/mol. The molecule has 0 aromatic heterocycles. The first-order valence-electron chi connectivity index (χ1n) is 7.75. The van der Waals surface area contributed by atoms with Crippen molar-refractivity contribution in [3.63, 3.8) is 0 Å². The van der Waals surface area contributed by atoms with Crippen LogP contribution in [0, 0.1) is 0 Å². The van der Waals surface area contributed by atoms with Crippen molar-refractivity contribution in [3.8, 4) is 11.1 Å². The lowest BCUT2D eigenvalue weighted by Crippen LogP contribution is -2.30. The Morgan fingerprint density at radius 3 is 2.29 bits per heavy atom. The zero-order valence-corrected chi connectivity index (χ0v) is 14.5. The van der Waals surface area contributed by atoms with E-state index in [9.17, 15) is 9.36 Å². The molecule has 1 amide bonds. The van der Waals surface area contributed by atoms with Crippen molar-refractivity contribution >= 4 is 13.9 Å². The number of amides is 1. The quantitative estimate of drug-likeness (QED) is 0.584. The minimum Gasteiger partial charge on any atom is -0.273 e. The number of nitrogens with zero attached hydrogens (tertiary/aromatic N) is 1. The fraction of sp³-hybridized carbons (Fsp3) is 0.278. The molecule has 2 aromatic rings. The summed E-state index contributed by atoms with van der Waals surface area (Å²) in [4.78, 5) is 25.9. The standard InChI is InChI=1S/C18H20NO4P/c1-15(20)19(12-5-13-24(21)22)23-14-16-8-10-18(11-9-16)17-6-3-2-4-7-17/h2-4,6-11H,5,12-14H2,1H3/p+1. The molecule has 6 heteroatoms. The first kappa shape index (κ1) is 18.3. The summed E-state index contributed by atoms with van der Waals surface area (Å²) in [7, 11) is -2.17. The summed E-state index contributed by atoms with van der Waals surface area (Å²) >= 11 is 0. The van der Waals surface area contributed by atoms with Crippen molar-refractivity contribution < 1.29 is 19.1 Å². The van der Waals surface area contributed by atoms with Crippen LogP contribution in [0.1, 0.15) is 18.9 Å². The molecular weight excluding hydrogens is 325 g/mol. The van der Waals surface area contributed by atoms with Crippen LogP contribution in [0.2, 0.25) is 0 Å². The van der Waals surface area contributed by atoms with Crippen LogP contribution in [-0.4, -0.2) is 28.6 Å². The monoisotopic (exact) mass is 346 g/mol. The van der Waals surface area contributed by atoms with Gasteiger partial charge in [0.25, 0.3) is 0 Å². The van der Waals surface area contributed by atoms with Gasteiger partial charge in [0.05, 0.1) is 6.54 Å². The lowest BCUT2D eigenvalue weighted by Gasteiger charge is -2.19. The lowest BCUT2D eigenvalue weighted by atomic mass is 10.0. The Kier molecular flexibility index (Phi) is 7.07. The van der Waals surface area contributed by atoms with Gasteiger partial charge in [-0.3, -0.25) is 9.63 Å². The van der Waals surface area contributed by atoms with Gasteiger partial charge in [-0.05, 0) is 21.3 Å². The van der Waals surface area contributed by atoms with Crippen LogP contribution in [0.3, 0.4) is 0 Å². The fourth-order valence-corrected chi connectivity index (χ4v) is 2.65. The van der Waals surface area contributed by atoms with E-state index in [-0.39, 0.29) is 18.7 Å². The van der Waals surface area contributed by atoms with Crippen LogP contribution < -0.4 is 0 Å². The maximum absolute atomic E-state index is 11.5. The van der Waals surface area contributed by atoms with E-state index in [1.807, 2.05) is 42.5 Å². The molecule has 0 aliphatic rings. The molecule has 0 aliphatic heterocycles. The molecule has 0 fully saturated rings. The Bertz CT molecular complexity index is 673. The van der Waals surface area contributed by atoms with Gasteiger partial charge in [-0.15, -0.1) is 0 Å². The highest BCUT2D eigenvalue weighted by molar-refractivity contribution is 7.37. The molecule has 0 saturated carbocycles. The van der Waals surface area contributed by atoms with Crippen LogP contribution in [0.15, 0.2) is 54.6 Å². The highest BCUT2D eigenvalue weighted by Gasteiger charge is 2.14. The molecule has 24 heavy (non-hydrogen) atoms. The molecule has 2 aromatic carbocycles. The number of carbonyl (C=O) groups is 1. The molecule has 0 heterocycles. The van der Waals surface area contributed by atoms with Crippen LogP contribution in [0.4, 0.5) is 0 Å². The van der Waals surface area contributed by atoms with Crippen molar-refractivity contribution in [2.24, 2.45) is 0 Å². The van der Waals surface area contributed by atoms with Gasteiger partial charge >= 0.3 is 8.03 Å². The molecule has 1 unspecified atom stereocenters. The van der Waals surface area contributed by atoms with Crippen LogP contribution in [0.5, 0.6) is 0 Å². The van der Waals surface area contributed by atoms with Crippen molar-refractivity contribution in [1.82, 2.24) is 5.06 Å². The molecule has 1 atom stereocenters.